The van der Waals surface area contributed by atoms with E-state index in [1.165, 1.54) is 24.3 Å². The van der Waals surface area contributed by atoms with E-state index in [9.17, 15) is 14.7 Å². The van der Waals surface area contributed by atoms with Gasteiger partial charge in [-0.25, -0.2) is 4.79 Å². The Labute approximate surface area is 126 Å². The summed E-state index contributed by atoms with van der Waals surface area (Å²) in [4.78, 5) is 23.3. The molecule has 108 valence electrons. The molecular formula is C15H12ClNO4. The van der Waals surface area contributed by atoms with Crippen LogP contribution in [-0.4, -0.2) is 23.6 Å². The molecule has 0 unspecified atom stereocenters. The third kappa shape index (κ3) is 4.50. The number of esters is 1. The van der Waals surface area contributed by atoms with E-state index in [0.29, 0.717) is 10.7 Å². The lowest BCUT2D eigenvalue weighted by Gasteiger charge is -2.07. The van der Waals surface area contributed by atoms with Gasteiger partial charge in [0.25, 0.3) is 5.91 Å². The first-order chi connectivity index (χ1) is 10.0. The largest absolute Gasteiger partial charge is 0.508 e. The van der Waals surface area contributed by atoms with Crippen LogP contribution in [0.15, 0.2) is 48.5 Å². The molecule has 5 nitrogen and oxygen atoms in total. The lowest BCUT2D eigenvalue weighted by atomic mass is 10.2. The molecule has 0 aliphatic carbocycles. The highest BCUT2D eigenvalue weighted by Crippen LogP contribution is 2.15. The van der Waals surface area contributed by atoms with Gasteiger partial charge in [0.05, 0.1) is 5.56 Å². The van der Waals surface area contributed by atoms with Crippen molar-refractivity contribution in [1.29, 1.82) is 0 Å². The van der Waals surface area contributed by atoms with Gasteiger partial charge in [-0.2, -0.15) is 0 Å². The summed E-state index contributed by atoms with van der Waals surface area (Å²) in [5.74, 6) is -1.22. The molecule has 2 aromatic carbocycles. The lowest BCUT2D eigenvalue weighted by Crippen LogP contribution is -2.20. The van der Waals surface area contributed by atoms with Crippen molar-refractivity contribution in [3.63, 3.8) is 0 Å². The van der Waals surface area contributed by atoms with Crippen molar-refractivity contribution in [3.05, 3.63) is 59.1 Å². The van der Waals surface area contributed by atoms with E-state index >= 15 is 0 Å². The van der Waals surface area contributed by atoms with Crippen molar-refractivity contribution in [3.8, 4) is 5.75 Å². The zero-order valence-corrected chi connectivity index (χ0v) is 11.6. The van der Waals surface area contributed by atoms with E-state index in [-0.39, 0.29) is 11.3 Å². The van der Waals surface area contributed by atoms with Crippen molar-refractivity contribution in [2.24, 2.45) is 0 Å². The van der Waals surface area contributed by atoms with Crippen LogP contribution in [-0.2, 0) is 9.53 Å². The first-order valence-electron chi connectivity index (χ1n) is 6.06. The summed E-state index contributed by atoms with van der Waals surface area (Å²) in [6.45, 7) is -0.430. The molecule has 0 aliphatic heterocycles. The predicted octanol–water partition coefficient (Wildman–Crippen LogP) is 2.84. The molecule has 2 aromatic rings. The van der Waals surface area contributed by atoms with Gasteiger partial charge < -0.3 is 15.2 Å². The Bertz CT molecular complexity index is 672. The van der Waals surface area contributed by atoms with Crippen LogP contribution in [0.2, 0.25) is 5.02 Å². The molecule has 2 N–H and O–H groups in total. The Morgan fingerprint density at radius 1 is 1.14 bits per heavy atom. The summed E-state index contributed by atoms with van der Waals surface area (Å²) in [6, 6.07) is 12.3. The molecule has 0 radical (unpaired) electrons. The Kier molecular flexibility index (Phi) is 4.79. The smallest absolute Gasteiger partial charge is 0.338 e. The minimum atomic E-state index is -0.688. The average molecular weight is 306 g/mol. The molecule has 6 heteroatoms. The Morgan fingerprint density at radius 2 is 1.90 bits per heavy atom. The number of carbonyl (C=O) groups is 2. The number of halogens is 1. The van der Waals surface area contributed by atoms with Crippen LogP contribution in [0.25, 0.3) is 0 Å². The number of ether oxygens (including phenoxy) is 1. The monoisotopic (exact) mass is 305 g/mol. The first-order valence-corrected chi connectivity index (χ1v) is 6.44. The van der Waals surface area contributed by atoms with Gasteiger partial charge >= 0.3 is 5.97 Å². The van der Waals surface area contributed by atoms with E-state index in [1.54, 1.807) is 24.3 Å². The quantitative estimate of drug-likeness (QED) is 0.852. The van der Waals surface area contributed by atoms with Crippen LogP contribution in [0.3, 0.4) is 0 Å². The van der Waals surface area contributed by atoms with Gasteiger partial charge in [-0.3, -0.25) is 4.79 Å². The van der Waals surface area contributed by atoms with Crippen LogP contribution < -0.4 is 5.32 Å². The maximum Gasteiger partial charge on any atom is 0.338 e. The Morgan fingerprint density at radius 3 is 2.62 bits per heavy atom. The number of amides is 1. The molecular weight excluding hydrogens is 294 g/mol. The number of hydrogen-bond acceptors (Lipinski definition) is 4. The molecule has 0 saturated carbocycles. The summed E-state index contributed by atoms with van der Waals surface area (Å²) in [6.07, 6.45) is 0. The van der Waals surface area contributed by atoms with E-state index in [2.05, 4.69) is 5.32 Å². The summed E-state index contributed by atoms with van der Waals surface area (Å²) in [5.41, 5.74) is 0.687. The molecule has 0 aromatic heterocycles. The first kappa shape index (κ1) is 14.9. The van der Waals surface area contributed by atoms with Gasteiger partial charge in [0.15, 0.2) is 6.61 Å². The molecule has 0 saturated heterocycles. The fourth-order valence-corrected chi connectivity index (χ4v) is 1.80. The van der Waals surface area contributed by atoms with Crippen LogP contribution in [0.4, 0.5) is 5.69 Å². The third-order valence-electron chi connectivity index (χ3n) is 2.52. The Hall–Kier alpha value is -2.53. The summed E-state index contributed by atoms with van der Waals surface area (Å²) >= 11 is 5.79. The van der Waals surface area contributed by atoms with Crippen LogP contribution in [0.5, 0.6) is 5.75 Å². The second-order valence-corrected chi connectivity index (χ2v) is 4.62. The van der Waals surface area contributed by atoms with E-state index < -0.39 is 18.5 Å². The summed E-state index contributed by atoms with van der Waals surface area (Å²) < 4.78 is 4.85. The van der Waals surface area contributed by atoms with E-state index in [0.717, 1.165) is 0 Å². The van der Waals surface area contributed by atoms with Crippen molar-refractivity contribution < 1.29 is 19.4 Å². The maximum atomic E-state index is 11.7. The molecule has 0 aliphatic rings. The number of phenolic OH excluding ortho intramolecular Hbond substituents is 1. The summed E-state index contributed by atoms with van der Waals surface area (Å²) in [5, 5.41) is 12.3. The highest BCUT2D eigenvalue weighted by molar-refractivity contribution is 6.30. The average Bonchev–Trinajstić information content (AvgIpc) is 2.45. The Balaban J connectivity index is 1.88. The molecule has 0 heterocycles. The van der Waals surface area contributed by atoms with Crippen molar-refractivity contribution in [2.45, 2.75) is 0 Å². The van der Waals surface area contributed by atoms with Gasteiger partial charge in [-0.15, -0.1) is 0 Å². The van der Waals surface area contributed by atoms with Crippen molar-refractivity contribution in [2.75, 3.05) is 11.9 Å². The zero-order chi connectivity index (χ0) is 15.2. The standard InChI is InChI=1S/C15H12ClNO4/c16-11-4-2-5-12(8-11)17-14(19)9-21-15(20)10-3-1-6-13(18)7-10/h1-8,18H,9H2,(H,17,19). The van der Waals surface area contributed by atoms with Gasteiger partial charge in [-0.1, -0.05) is 23.7 Å². The van der Waals surface area contributed by atoms with Gasteiger partial charge in [0, 0.05) is 10.7 Å². The number of phenols is 1. The van der Waals surface area contributed by atoms with Gasteiger partial charge in [0.1, 0.15) is 5.75 Å². The zero-order valence-electron chi connectivity index (χ0n) is 10.9. The number of hydrogen-bond donors (Lipinski definition) is 2. The second kappa shape index (κ2) is 6.76. The fourth-order valence-electron chi connectivity index (χ4n) is 1.61. The molecule has 0 spiro atoms. The number of aromatic hydroxyl groups is 1. The number of carbonyl (C=O) groups excluding carboxylic acids is 2. The second-order valence-electron chi connectivity index (χ2n) is 4.18. The topological polar surface area (TPSA) is 75.6 Å². The van der Waals surface area contributed by atoms with Gasteiger partial charge in [-0.05, 0) is 36.4 Å². The van der Waals surface area contributed by atoms with Crippen molar-refractivity contribution >= 4 is 29.2 Å². The normalized spacial score (nSPS) is 9.95. The maximum absolute atomic E-state index is 11.7. The molecule has 21 heavy (non-hydrogen) atoms. The molecule has 0 bridgehead atoms. The predicted molar refractivity (Wildman–Crippen MR) is 78.5 cm³/mol. The minimum absolute atomic E-state index is 0.0483. The van der Waals surface area contributed by atoms with Gasteiger partial charge in [0.2, 0.25) is 0 Å². The highest BCUT2D eigenvalue weighted by atomic mass is 35.5. The number of nitrogens with one attached hydrogen (secondary N) is 1. The van der Waals surface area contributed by atoms with Crippen LogP contribution in [0, 0.1) is 0 Å². The molecule has 2 rings (SSSR count). The summed E-state index contributed by atoms with van der Waals surface area (Å²) in [7, 11) is 0. The molecule has 0 fully saturated rings. The molecule has 0 atom stereocenters. The third-order valence-corrected chi connectivity index (χ3v) is 2.76. The van der Waals surface area contributed by atoms with E-state index in [1.807, 2.05) is 0 Å². The number of benzene rings is 2. The minimum Gasteiger partial charge on any atom is -0.508 e. The van der Waals surface area contributed by atoms with Crippen LogP contribution in [0.1, 0.15) is 10.4 Å². The lowest BCUT2D eigenvalue weighted by molar-refractivity contribution is -0.119. The SMILES string of the molecule is O=C(COC(=O)c1cccc(O)c1)Nc1cccc(Cl)c1. The number of rotatable bonds is 4. The van der Waals surface area contributed by atoms with Crippen LogP contribution >= 0.6 is 11.6 Å². The highest BCUT2D eigenvalue weighted by Gasteiger charge is 2.11. The number of anilines is 1. The van der Waals surface area contributed by atoms with Crippen molar-refractivity contribution in [1.82, 2.24) is 0 Å². The fraction of sp³-hybridized carbons (Fsp3) is 0.0667. The molecule has 1 amide bonds. The van der Waals surface area contributed by atoms with E-state index in [4.69, 9.17) is 16.3 Å².